The molecule has 1 fully saturated rings. The van der Waals surface area contributed by atoms with Gasteiger partial charge in [-0.05, 0) is 42.7 Å². The van der Waals surface area contributed by atoms with Gasteiger partial charge < -0.3 is 10.2 Å². The molecule has 0 spiro atoms. The van der Waals surface area contributed by atoms with E-state index in [1.165, 1.54) is 12.1 Å². The van der Waals surface area contributed by atoms with Crippen LogP contribution in [0.2, 0.25) is 5.02 Å². The summed E-state index contributed by atoms with van der Waals surface area (Å²) in [4.78, 5) is 14.2. The van der Waals surface area contributed by atoms with Crippen LogP contribution in [0.15, 0.2) is 48.5 Å². The molecule has 2 aromatic carbocycles. The normalized spacial score (nSPS) is 17.5. The van der Waals surface area contributed by atoms with Crippen LogP contribution in [0.5, 0.6) is 0 Å². The van der Waals surface area contributed by atoms with Gasteiger partial charge in [0.1, 0.15) is 5.82 Å². The summed E-state index contributed by atoms with van der Waals surface area (Å²) in [7, 11) is 0. The molecule has 1 aliphatic rings. The summed E-state index contributed by atoms with van der Waals surface area (Å²) in [6.07, 6.45) is 1.73. The molecule has 0 aromatic heterocycles. The van der Waals surface area contributed by atoms with E-state index in [1.54, 1.807) is 23.1 Å². The zero-order valence-electron chi connectivity index (χ0n) is 11.9. The van der Waals surface area contributed by atoms with Crippen molar-refractivity contribution in [2.75, 3.05) is 11.9 Å². The topological polar surface area (TPSA) is 32.3 Å². The SMILES string of the molecule is O=C(Nc1ccccc1Cl)N1CCC[C@H]1c1cccc(F)c1. The molecule has 22 heavy (non-hydrogen) atoms. The van der Waals surface area contributed by atoms with Crippen molar-refractivity contribution in [1.29, 1.82) is 0 Å². The molecule has 0 saturated carbocycles. The molecule has 5 heteroatoms. The first-order valence-corrected chi connectivity index (χ1v) is 7.60. The zero-order chi connectivity index (χ0) is 15.5. The van der Waals surface area contributed by atoms with Gasteiger partial charge in [-0.3, -0.25) is 0 Å². The van der Waals surface area contributed by atoms with Gasteiger partial charge in [0.15, 0.2) is 0 Å². The summed E-state index contributed by atoms with van der Waals surface area (Å²) in [5.74, 6) is -0.282. The van der Waals surface area contributed by atoms with E-state index in [9.17, 15) is 9.18 Å². The van der Waals surface area contributed by atoms with Gasteiger partial charge in [-0.1, -0.05) is 35.9 Å². The number of hydrogen-bond acceptors (Lipinski definition) is 1. The van der Waals surface area contributed by atoms with Crippen LogP contribution >= 0.6 is 11.6 Å². The first-order valence-electron chi connectivity index (χ1n) is 7.23. The first-order chi connectivity index (χ1) is 10.6. The second-order valence-corrected chi connectivity index (χ2v) is 5.72. The third kappa shape index (κ3) is 3.07. The predicted molar refractivity (Wildman–Crippen MR) is 85.6 cm³/mol. The van der Waals surface area contributed by atoms with Crippen LogP contribution < -0.4 is 5.32 Å². The van der Waals surface area contributed by atoms with E-state index in [1.807, 2.05) is 18.2 Å². The Labute approximate surface area is 133 Å². The fraction of sp³-hybridized carbons (Fsp3) is 0.235. The standard InChI is InChI=1S/C17H16ClFN2O/c18-14-7-1-2-8-15(14)20-17(22)21-10-4-9-16(21)12-5-3-6-13(19)11-12/h1-3,5-8,11,16H,4,9-10H2,(H,20,22)/t16-/m0/s1. The average Bonchev–Trinajstić information content (AvgIpc) is 2.99. The molecule has 0 unspecified atom stereocenters. The number of benzene rings is 2. The van der Waals surface area contributed by atoms with Crippen molar-refractivity contribution >= 4 is 23.3 Å². The minimum atomic E-state index is -0.282. The van der Waals surface area contributed by atoms with Crippen molar-refractivity contribution in [1.82, 2.24) is 4.90 Å². The Hall–Kier alpha value is -2.07. The van der Waals surface area contributed by atoms with Crippen LogP contribution in [0, 0.1) is 5.82 Å². The van der Waals surface area contributed by atoms with Crippen molar-refractivity contribution in [3.05, 3.63) is 64.9 Å². The average molecular weight is 319 g/mol. The number of carbonyl (C=O) groups is 1. The molecular weight excluding hydrogens is 303 g/mol. The van der Waals surface area contributed by atoms with Gasteiger partial charge in [0, 0.05) is 6.54 Å². The number of amides is 2. The van der Waals surface area contributed by atoms with E-state index in [0.717, 1.165) is 18.4 Å². The van der Waals surface area contributed by atoms with Crippen molar-refractivity contribution in [3.8, 4) is 0 Å². The predicted octanol–water partition coefficient (Wildman–Crippen LogP) is 4.85. The van der Waals surface area contributed by atoms with Crippen molar-refractivity contribution in [3.63, 3.8) is 0 Å². The molecule has 3 rings (SSSR count). The highest BCUT2D eigenvalue weighted by Crippen LogP contribution is 2.33. The van der Waals surface area contributed by atoms with Crippen molar-refractivity contribution in [2.24, 2.45) is 0 Å². The summed E-state index contributed by atoms with van der Waals surface area (Å²) in [6, 6.07) is 13.2. The van der Waals surface area contributed by atoms with Crippen LogP contribution in [0.1, 0.15) is 24.4 Å². The van der Waals surface area contributed by atoms with Gasteiger partial charge in [-0.15, -0.1) is 0 Å². The molecule has 2 amide bonds. The minimum Gasteiger partial charge on any atom is -0.317 e. The highest BCUT2D eigenvalue weighted by molar-refractivity contribution is 6.33. The van der Waals surface area contributed by atoms with E-state index in [2.05, 4.69) is 5.32 Å². The van der Waals surface area contributed by atoms with Gasteiger partial charge in [-0.2, -0.15) is 0 Å². The molecule has 0 aliphatic carbocycles. The van der Waals surface area contributed by atoms with E-state index in [0.29, 0.717) is 17.3 Å². The monoisotopic (exact) mass is 318 g/mol. The highest BCUT2D eigenvalue weighted by atomic mass is 35.5. The molecule has 0 bridgehead atoms. The zero-order valence-corrected chi connectivity index (χ0v) is 12.7. The Balaban J connectivity index is 1.78. The summed E-state index contributed by atoms with van der Waals surface area (Å²) < 4.78 is 13.4. The quantitative estimate of drug-likeness (QED) is 0.843. The highest BCUT2D eigenvalue weighted by Gasteiger charge is 2.30. The lowest BCUT2D eigenvalue weighted by Crippen LogP contribution is -2.34. The summed E-state index contributed by atoms with van der Waals surface area (Å²) in [5.41, 5.74) is 1.41. The number of likely N-dealkylation sites (tertiary alicyclic amines) is 1. The van der Waals surface area contributed by atoms with Crippen LogP contribution in [-0.2, 0) is 0 Å². The lowest BCUT2D eigenvalue weighted by Gasteiger charge is -2.25. The fourth-order valence-corrected chi connectivity index (χ4v) is 3.00. The van der Waals surface area contributed by atoms with Crippen LogP contribution in [-0.4, -0.2) is 17.5 Å². The van der Waals surface area contributed by atoms with E-state index in [4.69, 9.17) is 11.6 Å². The van der Waals surface area contributed by atoms with Gasteiger partial charge >= 0.3 is 6.03 Å². The maximum atomic E-state index is 13.4. The Morgan fingerprint density at radius 2 is 2.05 bits per heavy atom. The molecule has 1 N–H and O–H groups in total. The van der Waals surface area contributed by atoms with Gasteiger partial charge in [-0.25, -0.2) is 9.18 Å². The molecule has 1 atom stereocenters. The number of para-hydroxylation sites is 1. The number of carbonyl (C=O) groups excluding carboxylic acids is 1. The van der Waals surface area contributed by atoms with E-state index >= 15 is 0 Å². The number of urea groups is 1. The van der Waals surface area contributed by atoms with Gasteiger partial charge in [0.2, 0.25) is 0 Å². The minimum absolute atomic E-state index is 0.0989. The Morgan fingerprint density at radius 1 is 1.23 bits per heavy atom. The maximum Gasteiger partial charge on any atom is 0.322 e. The Kier molecular flexibility index (Phi) is 4.29. The van der Waals surface area contributed by atoms with Gasteiger partial charge in [0.25, 0.3) is 0 Å². The van der Waals surface area contributed by atoms with Crippen LogP contribution in [0.3, 0.4) is 0 Å². The second-order valence-electron chi connectivity index (χ2n) is 5.32. The molecule has 2 aromatic rings. The third-order valence-corrected chi connectivity index (χ3v) is 4.19. The number of halogens is 2. The molecule has 3 nitrogen and oxygen atoms in total. The fourth-order valence-electron chi connectivity index (χ4n) is 2.82. The Bertz CT molecular complexity index is 692. The lowest BCUT2D eigenvalue weighted by molar-refractivity contribution is 0.207. The maximum absolute atomic E-state index is 13.4. The van der Waals surface area contributed by atoms with Crippen molar-refractivity contribution in [2.45, 2.75) is 18.9 Å². The summed E-state index contributed by atoms with van der Waals surface area (Å²) >= 11 is 6.07. The molecule has 1 heterocycles. The largest absolute Gasteiger partial charge is 0.322 e. The number of anilines is 1. The number of rotatable bonds is 2. The van der Waals surface area contributed by atoms with E-state index in [-0.39, 0.29) is 17.9 Å². The number of nitrogens with one attached hydrogen (secondary N) is 1. The molecule has 114 valence electrons. The number of nitrogens with zero attached hydrogens (tertiary/aromatic N) is 1. The first kappa shape index (κ1) is 14.9. The molecule has 1 saturated heterocycles. The lowest BCUT2D eigenvalue weighted by atomic mass is 10.0. The number of hydrogen-bond donors (Lipinski definition) is 1. The molecule has 1 aliphatic heterocycles. The van der Waals surface area contributed by atoms with Crippen LogP contribution in [0.4, 0.5) is 14.9 Å². The van der Waals surface area contributed by atoms with E-state index < -0.39 is 0 Å². The van der Waals surface area contributed by atoms with Gasteiger partial charge in [0.05, 0.1) is 16.8 Å². The molecule has 0 radical (unpaired) electrons. The Morgan fingerprint density at radius 3 is 2.82 bits per heavy atom. The summed E-state index contributed by atoms with van der Waals surface area (Å²) in [6.45, 7) is 0.650. The van der Waals surface area contributed by atoms with Crippen LogP contribution in [0.25, 0.3) is 0 Å². The smallest absolute Gasteiger partial charge is 0.317 e. The summed E-state index contributed by atoms with van der Waals surface area (Å²) in [5, 5.41) is 3.33. The third-order valence-electron chi connectivity index (χ3n) is 3.86. The molecular formula is C17H16ClFN2O. The van der Waals surface area contributed by atoms with Crippen molar-refractivity contribution < 1.29 is 9.18 Å². The second kappa shape index (κ2) is 6.36.